The lowest BCUT2D eigenvalue weighted by Gasteiger charge is -2.13. The number of halogens is 3. The zero-order valence-corrected chi connectivity index (χ0v) is 11.0. The SMILES string of the molecule is CN(c1ccccc1)c1noc(C(Cl)(Cl)Cl)n1. The third-order valence-electron chi connectivity index (χ3n) is 2.10. The topological polar surface area (TPSA) is 42.2 Å². The van der Waals surface area contributed by atoms with Crippen LogP contribution in [0.15, 0.2) is 34.9 Å². The number of hydrogen-bond donors (Lipinski definition) is 0. The van der Waals surface area contributed by atoms with E-state index >= 15 is 0 Å². The summed E-state index contributed by atoms with van der Waals surface area (Å²) in [6.45, 7) is 0. The van der Waals surface area contributed by atoms with Crippen molar-refractivity contribution < 1.29 is 4.52 Å². The molecule has 0 atom stereocenters. The van der Waals surface area contributed by atoms with Crippen LogP contribution in [0.2, 0.25) is 0 Å². The molecule has 0 spiro atoms. The summed E-state index contributed by atoms with van der Waals surface area (Å²) in [5.74, 6) is 0.276. The molecular weight excluding hydrogens is 284 g/mol. The average molecular weight is 293 g/mol. The summed E-state index contributed by atoms with van der Waals surface area (Å²) in [6.07, 6.45) is 0. The highest BCUT2D eigenvalue weighted by molar-refractivity contribution is 6.66. The molecule has 1 aromatic carbocycles. The molecule has 1 aromatic heterocycles. The van der Waals surface area contributed by atoms with E-state index in [0.717, 1.165) is 5.69 Å². The summed E-state index contributed by atoms with van der Waals surface area (Å²) in [7, 11) is 1.79. The van der Waals surface area contributed by atoms with Crippen LogP contribution in [-0.2, 0) is 3.79 Å². The lowest BCUT2D eigenvalue weighted by Crippen LogP contribution is -2.11. The van der Waals surface area contributed by atoms with Crippen LogP contribution in [0.5, 0.6) is 0 Å². The Hall–Kier alpha value is -0.970. The second-order valence-corrected chi connectivity index (χ2v) is 5.57. The Morgan fingerprint density at radius 2 is 1.82 bits per heavy atom. The molecule has 0 saturated heterocycles. The van der Waals surface area contributed by atoms with Crippen molar-refractivity contribution in [1.29, 1.82) is 0 Å². The fourth-order valence-electron chi connectivity index (χ4n) is 1.23. The number of hydrogen-bond acceptors (Lipinski definition) is 4. The van der Waals surface area contributed by atoms with Crippen LogP contribution in [0, 0.1) is 0 Å². The van der Waals surface area contributed by atoms with Crippen LogP contribution in [-0.4, -0.2) is 17.2 Å². The Morgan fingerprint density at radius 3 is 2.35 bits per heavy atom. The molecule has 4 nitrogen and oxygen atoms in total. The maximum atomic E-state index is 5.64. The van der Waals surface area contributed by atoms with E-state index in [-0.39, 0.29) is 5.89 Å². The fourth-order valence-corrected chi connectivity index (χ4v) is 1.46. The van der Waals surface area contributed by atoms with Gasteiger partial charge in [-0.25, -0.2) is 0 Å². The largest absolute Gasteiger partial charge is 0.333 e. The van der Waals surface area contributed by atoms with Crippen LogP contribution in [0.4, 0.5) is 11.6 Å². The number of alkyl halides is 3. The lowest BCUT2D eigenvalue weighted by molar-refractivity contribution is 0.382. The quantitative estimate of drug-likeness (QED) is 0.792. The summed E-state index contributed by atoms with van der Waals surface area (Å²) >= 11 is 16.9. The molecule has 0 fully saturated rings. The van der Waals surface area contributed by atoms with Crippen LogP contribution < -0.4 is 4.90 Å². The predicted molar refractivity (Wildman–Crippen MR) is 68.0 cm³/mol. The second kappa shape index (κ2) is 4.72. The Labute approximate surface area is 113 Å². The van der Waals surface area contributed by atoms with Crippen molar-refractivity contribution in [2.24, 2.45) is 0 Å². The van der Waals surface area contributed by atoms with E-state index in [9.17, 15) is 0 Å². The van der Waals surface area contributed by atoms with Crippen LogP contribution in [0.25, 0.3) is 0 Å². The second-order valence-electron chi connectivity index (χ2n) is 3.29. The summed E-state index contributed by atoms with van der Waals surface area (Å²) < 4.78 is 3.17. The van der Waals surface area contributed by atoms with Crippen LogP contribution in [0.3, 0.4) is 0 Å². The third-order valence-corrected chi connectivity index (χ3v) is 2.59. The first-order valence-electron chi connectivity index (χ1n) is 4.68. The van der Waals surface area contributed by atoms with Gasteiger partial charge in [-0.15, -0.1) is 0 Å². The van der Waals surface area contributed by atoms with Gasteiger partial charge in [0, 0.05) is 12.7 Å². The van der Waals surface area contributed by atoms with Gasteiger partial charge in [0.15, 0.2) is 0 Å². The summed E-state index contributed by atoms with van der Waals surface area (Å²) in [6, 6.07) is 9.54. The molecule has 0 aliphatic rings. The van der Waals surface area contributed by atoms with Gasteiger partial charge in [-0.05, 0) is 17.3 Å². The molecule has 90 valence electrons. The minimum Gasteiger partial charge on any atom is -0.333 e. The molecule has 0 aliphatic carbocycles. The smallest absolute Gasteiger partial charge is 0.280 e. The highest BCUT2D eigenvalue weighted by atomic mass is 35.6. The van der Waals surface area contributed by atoms with Gasteiger partial charge in [0.2, 0.25) is 0 Å². The molecule has 1 heterocycles. The van der Waals surface area contributed by atoms with E-state index in [4.69, 9.17) is 39.3 Å². The van der Waals surface area contributed by atoms with Gasteiger partial charge in [0.05, 0.1) is 0 Å². The highest BCUT2D eigenvalue weighted by Gasteiger charge is 2.31. The first kappa shape index (κ1) is 12.5. The Bertz CT molecular complexity index is 495. The Morgan fingerprint density at radius 1 is 1.18 bits per heavy atom. The monoisotopic (exact) mass is 291 g/mol. The molecule has 0 radical (unpaired) electrons. The molecule has 0 amide bonds. The van der Waals surface area contributed by atoms with Gasteiger partial charge in [-0.1, -0.05) is 53.0 Å². The highest BCUT2D eigenvalue weighted by Crippen LogP contribution is 2.37. The molecular formula is C10H8Cl3N3O. The Balaban J connectivity index is 2.27. The van der Waals surface area contributed by atoms with Crippen molar-refractivity contribution in [2.75, 3.05) is 11.9 Å². The maximum Gasteiger partial charge on any atom is 0.280 e. The normalized spacial score (nSPS) is 11.5. The molecule has 0 saturated carbocycles. The molecule has 2 rings (SSSR count). The molecule has 7 heteroatoms. The summed E-state index contributed by atoms with van der Waals surface area (Å²) in [5, 5.41) is 3.75. The Kier molecular flexibility index (Phi) is 3.47. The van der Waals surface area contributed by atoms with Gasteiger partial charge >= 0.3 is 0 Å². The van der Waals surface area contributed by atoms with E-state index in [1.165, 1.54) is 0 Å². The first-order chi connectivity index (χ1) is 7.98. The number of nitrogens with zero attached hydrogens (tertiary/aromatic N) is 3. The third kappa shape index (κ3) is 2.83. The first-order valence-corrected chi connectivity index (χ1v) is 5.81. The van der Waals surface area contributed by atoms with Crippen molar-refractivity contribution >= 4 is 46.4 Å². The maximum absolute atomic E-state index is 5.64. The van der Waals surface area contributed by atoms with Gasteiger partial charge in [0.25, 0.3) is 15.6 Å². The summed E-state index contributed by atoms with van der Waals surface area (Å²) in [4.78, 5) is 5.74. The van der Waals surface area contributed by atoms with E-state index in [0.29, 0.717) is 5.95 Å². The van der Waals surface area contributed by atoms with E-state index < -0.39 is 3.79 Å². The number of para-hydroxylation sites is 1. The number of aromatic nitrogens is 2. The molecule has 0 unspecified atom stereocenters. The van der Waals surface area contributed by atoms with Crippen molar-refractivity contribution in [2.45, 2.75) is 3.79 Å². The zero-order valence-electron chi connectivity index (χ0n) is 8.77. The minimum absolute atomic E-state index is 0.0553. The standard InChI is InChI=1S/C10H8Cl3N3O/c1-16(7-5-3-2-4-6-7)9-14-8(17-15-9)10(11,12)13/h2-6H,1H3. The summed E-state index contributed by atoms with van der Waals surface area (Å²) in [5.41, 5.74) is 0.907. The molecule has 0 aliphatic heterocycles. The van der Waals surface area contributed by atoms with Gasteiger partial charge < -0.3 is 9.42 Å². The van der Waals surface area contributed by atoms with Gasteiger partial charge in [0.1, 0.15) is 0 Å². The molecule has 17 heavy (non-hydrogen) atoms. The van der Waals surface area contributed by atoms with Crippen molar-refractivity contribution in [3.63, 3.8) is 0 Å². The minimum atomic E-state index is -1.71. The van der Waals surface area contributed by atoms with Gasteiger partial charge in [-0.3, -0.25) is 0 Å². The number of rotatable bonds is 2. The molecule has 0 N–H and O–H groups in total. The predicted octanol–water partition coefficient (Wildman–Crippen LogP) is 3.66. The van der Waals surface area contributed by atoms with E-state index in [1.54, 1.807) is 11.9 Å². The number of benzene rings is 1. The van der Waals surface area contributed by atoms with Crippen molar-refractivity contribution in [3.8, 4) is 0 Å². The van der Waals surface area contributed by atoms with Crippen LogP contribution >= 0.6 is 34.8 Å². The molecule has 2 aromatic rings. The van der Waals surface area contributed by atoms with E-state index in [2.05, 4.69) is 10.1 Å². The zero-order chi connectivity index (χ0) is 12.5. The van der Waals surface area contributed by atoms with Gasteiger partial charge in [-0.2, -0.15) is 4.98 Å². The van der Waals surface area contributed by atoms with Crippen LogP contribution in [0.1, 0.15) is 5.89 Å². The average Bonchev–Trinajstić information content (AvgIpc) is 2.78. The molecule has 0 bridgehead atoms. The van der Waals surface area contributed by atoms with E-state index in [1.807, 2.05) is 30.3 Å². The number of anilines is 2. The fraction of sp³-hybridized carbons (Fsp3) is 0.200. The van der Waals surface area contributed by atoms with Crippen molar-refractivity contribution in [1.82, 2.24) is 10.1 Å². The lowest BCUT2D eigenvalue weighted by atomic mass is 10.3. The van der Waals surface area contributed by atoms with Crippen molar-refractivity contribution in [3.05, 3.63) is 36.2 Å².